The number of ketones is 2. The van der Waals surface area contributed by atoms with Gasteiger partial charge < -0.3 is 10.2 Å². The predicted octanol–water partition coefficient (Wildman–Crippen LogP) is 1.98. The van der Waals surface area contributed by atoms with E-state index in [2.05, 4.69) is 30.5 Å². The largest absolute Gasteiger partial charge is 1.00 e. The number of nitrogens with one attached hydrogen (secondary N) is 4. The molecule has 4 aromatic rings. The average molecular weight is 853 g/mol. The minimum Gasteiger partial charge on any atom is -0.506 e. The van der Waals surface area contributed by atoms with E-state index in [1.807, 2.05) is 24.3 Å². The van der Waals surface area contributed by atoms with Crippen molar-refractivity contribution in [1.29, 1.82) is 0 Å². The molecule has 0 saturated carbocycles. The number of hydrazone groups is 2. The van der Waals surface area contributed by atoms with Gasteiger partial charge in [0.25, 0.3) is 0 Å². The number of phenolic OH excluding ortho intramolecular Hbond substituents is 2. The number of fused-ring (bicyclic) bond motifs is 2. The molecule has 0 bridgehead atoms. The summed E-state index contributed by atoms with van der Waals surface area (Å²) in [5, 5.41) is 28.3. The monoisotopic (exact) mass is 852 g/mol. The second-order valence-corrected chi connectivity index (χ2v) is 16.1. The second kappa shape index (κ2) is 19.6. The molecule has 6 rings (SSSR count). The smallest absolute Gasteiger partial charge is 0.506 e. The summed E-state index contributed by atoms with van der Waals surface area (Å²) >= 11 is 0. The third kappa shape index (κ3) is 11.3. The maximum absolute atomic E-state index is 12.3. The van der Waals surface area contributed by atoms with Crippen LogP contribution in [0.3, 0.4) is 0 Å². The Labute approximate surface area is 357 Å². The van der Waals surface area contributed by atoms with E-state index in [0.717, 1.165) is 11.1 Å². The van der Waals surface area contributed by atoms with Crippen LogP contribution in [0.15, 0.2) is 117 Å². The molecule has 0 spiro atoms. The third-order valence-corrected chi connectivity index (χ3v) is 11.0. The van der Waals surface area contributed by atoms with Gasteiger partial charge >= 0.3 is 29.6 Å². The summed E-state index contributed by atoms with van der Waals surface area (Å²) < 4.78 is 54.2. The van der Waals surface area contributed by atoms with Crippen molar-refractivity contribution in [2.75, 3.05) is 10.9 Å². The van der Waals surface area contributed by atoms with Crippen molar-refractivity contribution in [3.63, 3.8) is 0 Å². The van der Waals surface area contributed by atoms with Crippen LogP contribution in [0.2, 0.25) is 0 Å². The second-order valence-electron chi connectivity index (χ2n) is 12.6. The Morgan fingerprint density at radius 1 is 0.554 bits per heavy atom. The van der Waals surface area contributed by atoms with E-state index >= 15 is 0 Å². The van der Waals surface area contributed by atoms with E-state index in [9.17, 15) is 36.6 Å². The van der Waals surface area contributed by atoms with Crippen LogP contribution >= 0.6 is 0 Å². The van der Waals surface area contributed by atoms with E-state index < -0.39 is 20.0 Å². The molecule has 1 radical (unpaired) electrons. The first-order chi connectivity index (χ1) is 25.6. The number of sulfonamides is 2. The summed E-state index contributed by atoms with van der Waals surface area (Å²) in [6.07, 6.45) is 6.24. The molecular weight excluding hydrogens is 815 g/mol. The van der Waals surface area contributed by atoms with Gasteiger partial charge in [0.1, 0.15) is 22.9 Å². The Balaban J connectivity index is 0.000000290. The van der Waals surface area contributed by atoms with Crippen molar-refractivity contribution in [3.05, 3.63) is 119 Å². The van der Waals surface area contributed by atoms with Crippen molar-refractivity contribution < 1.29 is 83.0 Å². The number of aromatic hydroxyl groups is 2. The first-order valence-electron chi connectivity index (χ1n) is 16.6. The summed E-state index contributed by atoms with van der Waals surface area (Å²) in [5.74, 6) is -0.943. The van der Waals surface area contributed by atoms with Crippen molar-refractivity contribution >= 4 is 66.6 Å². The molecule has 14 nitrogen and oxygen atoms in total. The van der Waals surface area contributed by atoms with Gasteiger partial charge in [0.15, 0.2) is 0 Å². The number of hydrogen-bond acceptors (Lipinski definition) is 12. The summed E-state index contributed by atoms with van der Waals surface area (Å²) in [5.41, 5.74) is 8.74. The quantitative estimate of drug-likeness (QED) is 0.0776. The van der Waals surface area contributed by atoms with Crippen LogP contribution in [-0.2, 0) is 46.4 Å². The fourth-order valence-electron chi connectivity index (χ4n) is 5.23. The van der Waals surface area contributed by atoms with E-state index in [1.54, 1.807) is 64.1 Å². The number of allylic oxidation sites excluding steroid dienone is 2. The van der Waals surface area contributed by atoms with Crippen LogP contribution in [0.4, 0.5) is 11.4 Å². The van der Waals surface area contributed by atoms with Crippen LogP contribution in [-0.4, -0.2) is 62.1 Å². The number of phenols is 2. The summed E-state index contributed by atoms with van der Waals surface area (Å²) in [7, 11) is -7.46. The molecule has 18 heteroatoms. The molecule has 0 aliphatic heterocycles. The number of hydrogen-bond donors (Lipinski definition) is 6. The summed E-state index contributed by atoms with van der Waals surface area (Å²) in [6, 6.07) is 21.6. The average Bonchev–Trinajstić information content (AvgIpc) is 3.11. The number of carbonyl (C=O) groups is 2. The summed E-state index contributed by atoms with van der Waals surface area (Å²) in [4.78, 5) is 24.3. The molecule has 56 heavy (non-hydrogen) atoms. The van der Waals surface area contributed by atoms with E-state index in [-0.39, 0.29) is 114 Å². The zero-order valence-electron chi connectivity index (χ0n) is 30.9. The Morgan fingerprint density at radius 2 is 0.911 bits per heavy atom. The van der Waals surface area contributed by atoms with Crippen LogP contribution in [0.1, 0.15) is 49.9 Å². The van der Waals surface area contributed by atoms with Crippen molar-refractivity contribution in [2.45, 2.75) is 49.6 Å². The maximum Gasteiger partial charge on any atom is 1.00 e. The molecule has 0 amide bonds. The van der Waals surface area contributed by atoms with Crippen molar-refractivity contribution in [3.8, 4) is 11.5 Å². The summed E-state index contributed by atoms with van der Waals surface area (Å²) in [6.45, 7) is 6.84. The van der Waals surface area contributed by atoms with Gasteiger partial charge in [-0.1, -0.05) is 60.7 Å². The fourth-order valence-corrected chi connectivity index (χ4v) is 7.79. The van der Waals surface area contributed by atoms with Gasteiger partial charge in [-0.3, -0.25) is 20.4 Å². The first kappa shape index (κ1) is 46.0. The maximum atomic E-state index is 12.3. The van der Waals surface area contributed by atoms with Crippen LogP contribution in [0.5, 0.6) is 11.5 Å². The van der Waals surface area contributed by atoms with Gasteiger partial charge in [-0.15, -0.1) is 0 Å². The molecular formula is C38H38CoN6NaO8S2+. The normalized spacial score (nSPS) is 14.7. The molecule has 4 aromatic carbocycles. The van der Waals surface area contributed by atoms with Gasteiger partial charge in [-0.2, -0.15) is 10.2 Å². The predicted molar refractivity (Wildman–Crippen MR) is 208 cm³/mol. The fraction of sp³-hybridized carbons (Fsp3) is 0.158. The number of rotatable bonds is 10. The Morgan fingerprint density at radius 3 is 1.27 bits per heavy atom. The zero-order valence-corrected chi connectivity index (χ0v) is 35.6. The van der Waals surface area contributed by atoms with Gasteiger partial charge in [0, 0.05) is 40.0 Å². The van der Waals surface area contributed by atoms with Gasteiger partial charge in [-0.25, -0.2) is 26.3 Å². The number of carbonyl (C=O) groups excluding carboxylic acids is 2. The Hall–Kier alpha value is -4.43. The van der Waals surface area contributed by atoms with E-state index in [4.69, 9.17) is 0 Å². The molecule has 0 unspecified atom stereocenters. The minimum atomic E-state index is -3.73. The molecule has 6 N–H and O–H groups in total. The zero-order chi connectivity index (χ0) is 39.2. The van der Waals surface area contributed by atoms with Crippen molar-refractivity contribution in [2.24, 2.45) is 10.2 Å². The standard InChI is InChI=1S/2C19H19N3O4S.Co.Na/c2*1-12(2)22-27(25,26)14-8-10-17(23)16(11-14)20-21-19-15-6-4-3-5-13(15)7-9-18(19)24;;/h2*3-12,20,22-23H,1-2H3;;/q;;;+1/b2*21-19-;;. The molecule has 0 aromatic heterocycles. The van der Waals surface area contributed by atoms with Gasteiger partial charge in [-0.05, 0) is 87.4 Å². The van der Waals surface area contributed by atoms with Gasteiger partial charge in [0.05, 0.1) is 21.2 Å². The molecule has 289 valence electrons. The van der Waals surface area contributed by atoms with Crippen LogP contribution in [0, 0.1) is 0 Å². The molecule has 0 atom stereocenters. The van der Waals surface area contributed by atoms with Crippen LogP contribution < -0.4 is 49.9 Å². The first-order valence-corrected chi connectivity index (χ1v) is 19.5. The number of benzene rings is 4. The molecule has 0 heterocycles. The van der Waals surface area contributed by atoms with E-state index in [0.29, 0.717) is 11.1 Å². The molecule has 0 saturated heterocycles. The van der Waals surface area contributed by atoms with Crippen LogP contribution in [0.25, 0.3) is 12.2 Å². The topological polar surface area (TPSA) is 216 Å². The SMILES string of the molecule is CC(C)NS(=O)(=O)c1ccc(O)c(N/N=C2\C(=O)C=Cc3ccccc32)c1.CC(C)NS(=O)(=O)c1ccc(O)c(N/N=C2\C(=O)C=Cc3ccccc32)c1.[Co].[Na+]. The van der Waals surface area contributed by atoms with Crippen molar-refractivity contribution in [1.82, 2.24) is 9.44 Å². The Kier molecular flexibility index (Phi) is 16.1. The molecule has 0 fully saturated rings. The Bertz CT molecular complexity index is 2300. The van der Waals surface area contributed by atoms with E-state index in [1.165, 1.54) is 48.6 Å². The number of anilines is 2. The van der Waals surface area contributed by atoms with Gasteiger partial charge in [0.2, 0.25) is 31.6 Å². The third-order valence-electron chi connectivity index (χ3n) is 7.64. The minimum absolute atomic E-state index is 0. The molecule has 2 aliphatic carbocycles. The molecule has 2 aliphatic rings. The number of nitrogens with zero attached hydrogens (tertiary/aromatic N) is 2.